The lowest BCUT2D eigenvalue weighted by molar-refractivity contribution is 0.348. The number of aromatic nitrogens is 4. The highest BCUT2D eigenvalue weighted by atomic mass is 16.5. The third kappa shape index (κ3) is 3.52. The van der Waals surface area contributed by atoms with E-state index in [0.29, 0.717) is 30.1 Å². The van der Waals surface area contributed by atoms with Gasteiger partial charge in [-0.2, -0.15) is 9.97 Å². The highest BCUT2D eigenvalue weighted by Crippen LogP contribution is 2.19. The molecular weight excluding hydrogens is 344 g/mol. The standard InChI is InChI=1S/C19H24N6O2/c1-27-19-23-16-15(21-18(22-16)24-10-5-8-14(20)12-24)17(26)25(19)11-9-13-6-3-2-4-7-13/h2-4,6-7,14H,5,8-12,20H2,1H3,(H,21,22). The largest absolute Gasteiger partial charge is 0.468 e. The second kappa shape index (κ2) is 7.40. The zero-order chi connectivity index (χ0) is 18.8. The molecule has 3 aromatic rings. The van der Waals surface area contributed by atoms with Crippen molar-refractivity contribution in [2.24, 2.45) is 5.73 Å². The number of imidazole rings is 1. The molecule has 27 heavy (non-hydrogen) atoms. The Labute approximate surface area is 157 Å². The summed E-state index contributed by atoms with van der Waals surface area (Å²) in [5, 5.41) is 0. The molecule has 8 nitrogen and oxygen atoms in total. The lowest BCUT2D eigenvalue weighted by Crippen LogP contribution is -2.43. The average molecular weight is 368 g/mol. The number of ether oxygens (including phenoxy) is 1. The number of rotatable bonds is 5. The molecule has 0 saturated carbocycles. The van der Waals surface area contributed by atoms with E-state index < -0.39 is 0 Å². The van der Waals surface area contributed by atoms with Gasteiger partial charge in [0.1, 0.15) is 0 Å². The predicted octanol–water partition coefficient (Wildman–Crippen LogP) is 1.30. The number of benzene rings is 1. The molecule has 1 unspecified atom stereocenters. The van der Waals surface area contributed by atoms with Crippen molar-refractivity contribution in [3.8, 4) is 6.01 Å². The molecular formula is C19H24N6O2. The first-order chi connectivity index (χ1) is 13.2. The van der Waals surface area contributed by atoms with Crippen LogP contribution in [-0.2, 0) is 13.0 Å². The summed E-state index contributed by atoms with van der Waals surface area (Å²) in [6.45, 7) is 2.07. The van der Waals surface area contributed by atoms with E-state index >= 15 is 0 Å². The smallest absolute Gasteiger partial charge is 0.301 e. The number of methoxy groups -OCH3 is 1. The van der Waals surface area contributed by atoms with Gasteiger partial charge in [0.15, 0.2) is 11.2 Å². The summed E-state index contributed by atoms with van der Waals surface area (Å²) in [5.41, 5.74) is 7.82. The van der Waals surface area contributed by atoms with Crippen LogP contribution in [0.3, 0.4) is 0 Å². The summed E-state index contributed by atoms with van der Waals surface area (Å²) >= 11 is 0. The minimum Gasteiger partial charge on any atom is -0.468 e. The summed E-state index contributed by atoms with van der Waals surface area (Å²) in [4.78, 5) is 27.2. The molecule has 0 aliphatic carbocycles. The number of nitrogens with one attached hydrogen (secondary N) is 1. The molecule has 142 valence electrons. The van der Waals surface area contributed by atoms with Crippen LogP contribution in [0.4, 0.5) is 5.95 Å². The fourth-order valence-electron chi connectivity index (χ4n) is 3.55. The average Bonchev–Trinajstić information content (AvgIpc) is 3.12. The van der Waals surface area contributed by atoms with E-state index in [1.807, 2.05) is 30.3 Å². The Morgan fingerprint density at radius 2 is 2.11 bits per heavy atom. The number of fused-ring (bicyclic) bond motifs is 1. The minimum atomic E-state index is -0.173. The number of anilines is 1. The Kier molecular flexibility index (Phi) is 4.81. The van der Waals surface area contributed by atoms with Crippen LogP contribution in [-0.4, -0.2) is 45.8 Å². The molecule has 4 rings (SSSR count). The van der Waals surface area contributed by atoms with Crippen molar-refractivity contribution in [2.45, 2.75) is 31.8 Å². The van der Waals surface area contributed by atoms with E-state index in [1.54, 1.807) is 4.57 Å². The zero-order valence-corrected chi connectivity index (χ0v) is 15.4. The maximum Gasteiger partial charge on any atom is 0.301 e. The number of nitrogens with two attached hydrogens (primary N) is 1. The summed E-state index contributed by atoms with van der Waals surface area (Å²) in [5.74, 6) is 0.646. The van der Waals surface area contributed by atoms with Crippen LogP contribution < -0.4 is 20.9 Å². The molecule has 1 fully saturated rings. The SMILES string of the molecule is COc1nc2nc(N3CCCC(N)C3)[nH]c2c(=O)n1CCc1ccccc1. The van der Waals surface area contributed by atoms with Gasteiger partial charge in [-0.05, 0) is 24.8 Å². The van der Waals surface area contributed by atoms with Gasteiger partial charge in [0, 0.05) is 25.7 Å². The Hall–Kier alpha value is -2.87. The van der Waals surface area contributed by atoms with Gasteiger partial charge >= 0.3 is 6.01 Å². The molecule has 1 aromatic carbocycles. The van der Waals surface area contributed by atoms with Crippen LogP contribution in [0.1, 0.15) is 18.4 Å². The van der Waals surface area contributed by atoms with E-state index in [2.05, 4.69) is 19.9 Å². The Balaban J connectivity index is 1.67. The fraction of sp³-hybridized carbons (Fsp3) is 0.421. The summed E-state index contributed by atoms with van der Waals surface area (Å²) in [6, 6.07) is 10.4. The van der Waals surface area contributed by atoms with E-state index in [9.17, 15) is 4.79 Å². The Bertz CT molecular complexity index is 981. The number of aromatic amines is 1. The summed E-state index contributed by atoms with van der Waals surface area (Å²) in [7, 11) is 1.52. The fourth-order valence-corrected chi connectivity index (χ4v) is 3.55. The van der Waals surface area contributed by atoms with E-state index in [0.717, 1.165) is 31.5 Å². The second-order valence-corrected chi connectivity index (χ2v) is 6.90. The third-order valence-electron chi connectivity index (χ3n) is 4.97. The van der Waals surface area contributed by atoms with Crippen molar-refractivity contribution < 1.29 is 4.74 Å². The van der Waals surface area contributed by atoms with Crippen LogP contribution in [0.25, 0.3) is 11.2 Å². The van der Waals surface area contributed by atoms with Crippen LogP contribution in [0.5, 0.6) is 6.01 Å². The molecule has 0 radical (unpaired) electrons. The number of hydrogen-bond acceptors (Lipinski definition) is 6. The van der Waals surface area contributed by atoms with Crippen LogP contribution >= 0.6 is 0 Å². The van der Waals surface area contributed by atoms with Gasteiger partial charge in [0.05, 0.1) is 7.11 Å². The monoisotopic (exact) mass is 368 g/mol. The first-order valence-corrected chi connectivity index (χ1v) is 9.24. The topological polar surface area (TPSA) is 102 Å². The van der Waals surface area contributed by atoms with Crippen molar-refractivity contribution >= 4 is 17.1 Å². The van der Waals surface area contributed by atoms with Gasteiger partial charge < -0.3 is 20.4 Å². The lowest BCUT2D eigenvalue weighted by Gasteiger charge is -2.30. The zero-order valence-electron chi connectivity index (χ0n) is 15.4. The number of piperidine rings is 1. The van der Waals surface area contributed by atoms with Crippen molar-refractivity contribution in [2.75, 3.05) is 25.1 Å². The molecule has 0 amide bonds. The van der Waals surface area contributed by atoms with Crippen LogP contribution in [0.2, 0.25) is 0 Å². The summed E-state index contributed by atoms with van der Waals surface area (Å²) in [6.07, 6.45) is 2.73. The molecule has 1 aliphatic heterocycles. The maximum atomic E-state index is 13.0. The van der Waals surface area contributed by atoms with Gasteiger partial charge in [0.25, 0.3) is 5.56 Å². The molecule has 1 saturated heterocycles. The number of H-pyrrole nitrogens is 1. The van der Waals surface area contributed by atoms with Crippen LogP contribution in [0, 0.1) is 0 Å². The van der Waals surface area contributed by atoms with Gasteiger partial charge in [-0.1, -0.05) is 30.3 Å². The Morgan fingerprint density at radius 1 is 1.30 bits per heavy atom. The molecule has 8 heteroatoms. The molecule has 0 spiro atoms. The molecule has 1 aliphatic rings. The van der Waals surface area contributed by atoms with Gasteiger partial charge in [-0.3, -0.25) is 9.36 Å². The lowest BCUT2D eigenvalue weighted by atomic mass is 10.1. The number of nitrogens with zero attached hydrogens (tertiary/aromatic N) is 4. The minimum absolute atomic E-state index is 0.122. The van der Waals surface area contributed by atoms with Crippen molar-refractivity contribution in [1.29, 1.82) is 0 Å². The second-order valence-electron chi connectivity index (χ2n) is 6.90. The molecule has 3 N–H and O–H groups in total. The van der Waals surface area contributed by atoms with Gasteiger partial charge in [0.2, 0.25) is 5.95 Å². The molecule has 3 heterocycles. The van der Waals surface area contributed by atoms with E-state index in [1.165, 1.54) is 7.11 Å². The van der Waals surface area contributed by atoms with Crippen LogP contribution in [0.15, 0.2) is 35.1 Å². The van der Waals surface area contributed by atoms with Crippen molar-refractivity contribution in [1.82, 2.24) is 19.5 Å². The van der Waals surface area contributed by atoms with Gasteiger partial charge in [-0.15, -0.1) is 0 Å². The van der Waals surface area contributed by atoms with Gasteiger partial charge in [-0.25, -0.2) is 0 Å². The summed E-state index contributed by atoms with van der Waals surface area (Å²) < 4.78 is 6.91. The highest BCUT2D eigenvalue weighted by molar-refractivity contribution is 5.73. The third-order valence-corrected chi connectivity index (χ3v) is 4.97. The van der Waals surface area contributed by atoms with E-state index in [4.69, 9.17) is 10.5 Å². The number of aryl methyl sites for hydroxylation is 1. The normalized spacial score (nSPS) is 17.4. The van der Waals surface area contributed by atoms with Crippen molar-refractivity contribution in [3.05, 3.63) is 46.2 Å². The number of hydrogen-bond donors (Lipinski definition) is 2. The Morgan fingerprint density at radius 3 is 2.85 bits per heavy atom. The maximum absolute atomic E-state index is 13.0. The molecule has 1 atom stereocenters. The first-order valence-electron chi connectivity index (χ1n) is 9.24. The molecule has 2 aromatic heterocycles. The quantitative estimate of drug-likeness (QED) is 0.704. The van der Waals surface area contributed by atoms with E-state index in [-0.39, 0.29) is 17.6 Å². The van der Waals surface area contributed by atoms with Crippen molar-refractivity contribution in [3.63, 3.8) is 0 Å². The molecule has 0 bridgehead atoms. The first kappa shape index (κ1) is 17.5. The predicted molar refractivity (Wildman–Crippen MR) is 104 cm³/mol. The highest BCUT2D eigenvalue weighted by Gasteiger charge is 2.22.